The molecule has 1 aliphatic carbocycles. The van der Waals surface area contributed by atoms with Crippen LogP contribution >= 0.6 is 0 Å². The first-order valence-corrected chi connectivity index (χ1v) is 6.08. The van der Waals surface area contributed by atoms with Gasteiger partial charge in [-0.15, -0.1) is 6.42 Å². The molecule has 0 saturated heterocycles. The van der Waals surface area contributed by atoms with Gasteiger partial charge in [0, 0.05) is 6.54 Å². The number of nitrogens with one attached hydrogen (secondary N) is 1. The highest BCUT2D eigenvalue weighted by atomic mass is 14.9. The fraction of sp³-hybridized carbons (Fsp3) is 0.467. The van der Waals surface area contributed by atoms with Crippen LogP contribution < -0.4 is 5.32 Å². The summed E-state index contributed by atoms with van der Waals surface area (Å²) in [7, 11) is 0. The number of benzene rings is 1. The number of aryl methyl sites for hydroxylation is 1. The van der Waals surface area contributed by atoms with Gasteiger partial charge in [0.25, 0.3) is 0 Å². The molecule has 1 nitrogen and oxygen atoms in total. The Bertz CT molecular complexity index is 389. The maximum Gasteiger partial charge on any atom is 0.0658 e. The minimum atomic E-state index is 0.175. The quantitative estimate of drug-likeness (QED) is 0.761. The van der Waals surface area contributed by atoms with Crippen molar-refractivity contribution in [3.8, 4) is 12.3 Å². The van der Waals surface area contributed by atoms with Crippen molar-refractivity contribution in [1.29, 1.82) is 0 Å². The zero-order chi connectivity index (χ0) is 11.4. The van der Waals surface area contributed by atoms with Crippen LogP contribution in [0.2, 0.25) is 0 Å². The van der Waals surface area contributed by atoms with Crippen molar-refractivity contribution in [3.05, 3.63) is 35.4 Å². The normalized spacial score (nSPS) is 20.9. The zero-order valence-corrected chi connectivity index (χ0v) is 9.87. The predicted octanol–water partition coefficient (Wildman–Crippen LogP) is 2.72. The monoisotopic (exact) mass is 213 g/mol. The van der Waals surface area contributed by atoms with Gasteiger partial charge in [-0.3, -0.25) is 0 Å². The van der Waals surface area contributed by atoms with Gasteiger partial charge in [0.05, 0.1) is 6.04 Å². The molecular weight excluding hydrogens is 194 g/mol. The lowest BCUT2D eigenvalue weighted by Gasteiger charge is -2.26. The molecule has 0 spiro atoms. The first kappa shape index (κ1) is 11.2. The Balaban J connectivity index is 2.05. The van der Waals surface area contributed by atoms with Gasteiger partial charge in [-0.05, 0) is 43.2 Å². The molecule has 1 aromatic rings. The highest BCUT2D eigenvalue weighted by molar-refractivity contribution is 5.32. The summed E-state index contributed by atoms with van der Waals surface area (Å²) in [5, 5.41) is 3.41. The van der Waals surface area contributed by atoms with Crippen molar-refractivity contribution in [2.24, 2.45) is 0 Å². The summed E-state index contributed by atoms with van der Waals surface area (Å²) in [4.78, 5) is 0. The number of terminal acetylenes is 1. The minimum absolute atomic E-state index is 0.175. The standard InChI is InChI=1S/C15H19N/c1-3-12(2)16-11-14-9-6-8-13-7-4-5-10-15(13)14/h1,4-5,7,10,12,14,16H,6,8-9,11H2,2H3. The van der Waals surface area contributed by atoms with Crippen molar-refractivity contribution in [2.75, 3.05) is 6.54 Å². The summed E-state index contributed by atoms with van der Waals surface area (Å²) < 4.78 is 0. The van der Waals surface area contributed by atoms with Crippen LogP contribution in [0.3, 0.4) is 0 Å². The third-order valence-electron chi connectivity index (χ3n) is 3.41. The number of hydrogen-bond donors (Lipinski definition) is 1. The van der Waals surface area contributed by atoms with E-state index >= 15 is 0 Å². The van der Waals surface area contributed by atoms with Gasteiger partial charge in [-0.2, -0.15) is 0 Å². The molecule has 0 bridgehead atoms. The predicted molar refractivity (Wildman–Crippen MR) is 68.4 cm³/mol. The Labute approximate surface area is 98.3 Å². The van der Waals surface area contributed by atoms with E-state index < -0.39 is 0 Å². The molecule has 1 N–H and O–H groups in total. The maximum absolute atomic E-state index is 5.37. The summed E-state index contributed by atoms with van der Waals surface area (Å²) in [5.74, 6) is 3.36. The Morgan fingerprint density at radius 1 is 1.50 bits per heavy atom. The van der Waals surface area contributed by atoms with Gasteiger partial charge in [0.15, 0.2) is 0 Å². The molecule has 0 heterocycles. The molecule has 2 atom stereocenters. The second-order valence-electron chi connectivity index (χ2n) is 4.58. The smallest absolute Gasteiger partial charge is 0.0658 e. The van der Waals surface area contributed by atoms with Crippen LogP contribution in [0.15, 0.2) is 24.3 Å². The summed E-state index contributed by atoms with van der Waals surface area (Å²) in [6, 6.07) is 8.97. The van der Waals surface area contributed by atoms with Crippen molar-refractivity contribution in [1.82, 2.24) is 5.32 Å². The van der Waals surface area contributed by atoms with Gasteiger partial charge in [-0.25, -0.2) is 0 Å². The van der Waals surface area contributed by atoms with E-state index in [-0.39, 0.29) is 6.04 Å². The first-order valence-electron chi connectivity index (χ1n) is 6.08. The van der Waals surface area contributed by atoms with Crippen LogP contribution in [-0.4, -0.2) is 12.6 Å². The van der Waals surface area contributed by atoms with Gasteiger partial charge in [0.1, 0.15) is 0 Å². The molecular formula is C15H19N. The van der Waals surface area contributed by atoms with Crippen LogP contribution in [0, 0.1) is 12.3 Å². The molecule has 0 aliphatic heterocycles. The van der Waals surface area contributed by atoms with Crippen LogP contribution in [0.5, 0.6) is 0 Å². The highest BCUT2D eigenvalue weighted by Gasteiger charge is 2.19. The molecule has 0 saturated carbocycles. The zero-order valence-electron chi connectivity index (χ0n) is 9.87. The van der Waals surface area contributed by atoms with E-state index in [0.29, 0.717) is 5.92 Å². The Morgan fingerprint density at radius 3 is 3.12 bits per heavy atom. The van der Waals surface area contributed by atoms with Gasteiger partial charge < -0.3 is 5.32 Å². The molecule has 1 aromatic carbocycles. The summed E-state index contributed by atoms with van der Waals surface area (Å²) in [5.41, 5.74) is 3.04. The van der Waals surface area contributed by atoms with E-state index in [1.54, 1.807) is 0 Å². The lowest BCUT2D eigenvalue weighted by Crippen LogP contribution is -2.30. The van der Waals surface area contributed by atoms with Crippen molar-refractivity contribution < 1.29 is 0 Å². The fourth-order valence-electron chi connectivity index (χ4n) is 2.44. The van der Waals surface area contributed by atoms with Gasteiger partial charge in [-0.1, -0.05) is 30.2 Å². The van der Waals surface area contributed by atoms with Crippen LogP contribution in [0.1, 0.15) is 36.8 Å². The second kappa shape index (κ2) is 5.18. The van der Waals surface area contributed by atoms with E-state index in [0.717, 1.165) is 6.54 Å². The van der Waals surface area contributed by atoms with Crippen molar-refractivity contribution in [3.63, 3.8) is 0 Å². The Hall–Kier alpha value is -1.26. The highest BCUT2D eigenvalue weighted by Crippen LogP contribution is 2.30. The lowest BCUT2D eigenvalue weighted by molar-refractivity contribution is 0.497. The Morgan fingerprint density at radius 2 is 2.31 bits per heavy atom. The van der Waals surface area contributed by atoms with Gasteiger partial charge in [0.2, 0.25) is 0 Å². The number of rotatable bonds is 3. The number of fused-ring (bicyclic) bond motifs is 1. The van der Waals surface area contributed by atoms with E-state index in [2.05, 4.69) is 35.5 Å². The van der Waals surface area contributed by atoms with Crippen molar-refractivity contribution >= 4 is 0 Å². The molecule has 0 radical (unpaired) electrons. The van der Waals surface area contributed by atoms with Crippen LogP contribution in [-0.2, 0) is 6.42 Å². The lowest BCUT2D eigenvalue weighted by atomic mass is 9.83. The molecule has 16 heavy (non-hydrogen) atoms. The third-order valence-corrected chi connectivity index (χ3v) is 3.41. The molecule has 84 valence electrons. The maximum atomic E-state index is 5.37. The van der Waals surface area contributed by atoms with Crippen LogP contribution in [0.4, 0.5) is 0 Å². The van der Waals surface area contributed by atoms with E-state index in [1.807, 2.05) is 6.92 Å². The average Bonchev–Trinajstić information content (AvgIpc) is 2.35. The third kappa shape index (κ3) is 2.46. The molecule has 2 unspecified atom stereocenters. The molecule has 0 amide bonds. The van der Waals surface area contributed by atoms with E-state index in [1.165, 1.54) is 30.4 Å². The summed E-state index contributed by atoms with van der Waals surface area (Å²) in [6.07, 6.45) is 9.18. The van der Waals surface area contributed by atoms with Crippen molar-refractivity contribution in [2.45, 2.75) is 38.1 Å². The fourth-order valence-corrected chi connectivity index (χ4v) is 2.44. The molecule has 1 heteroatoms. The van der Waals surface area contributed by atoms with E-state index in [4.69, 9.17) is 6.42 Å². The Kier molecular flexibility index (Phi) is 3.64. The molecule has 1 aliphatic rings. The van der Waals surface area contributed by atoms with Crippen LogP contribution in [0.25, 0.3) is 0 Å². The minimum Gasteiger partial charge on any atom is -0.303 e. The van der Waals surface area contributed by atoms with Gasteiger partial charge >= 0.3 is 0 Å². The largest absolute Gasteiger partial charge is 0.303 e. The molecule has 2 rings (SSSR count). The first-order chi connectivity index (χ1) is 7.81. The summed E-state index contributed by atoms with van der Waals surface area (Å²) >= 11 is 0. The molecule has 0 fully saturated rings. The average molecular weight is 213 g/mol. The topological polar surface area (TPSA) is 12.0 Å². The van der Waals surface area contributed by atoms with E-state index in [9.17, 15) is 0 Å². The SMILES string of the molecule is C#CC(C)NCC1CCCc2ccccc21. The molecule has 0 aromatic heterocycles. The second-order valence-corrected chi connectivity index (χ2v) is 4.58. The number of hydrogen-bond acceptors (Lipinski definition) is 1. The summed E-state index contributed by atoms with van der Waals surface area (Å²) in [6.45, 7) is 3.04.